The second-order valence-electron chi connectivity index (χ2n) is 9.04. The first-order valence-corrected chi connectivity index (χ1v) is 13.0. The number of carbonyl (C=O) groups is 2. The summed E-state index contributed by atoms with van der Waals surface area (Å²) in [7, 11) is -3.93. The van der Waals surface area contributed by atoms with Gasteiger partial charge in [0.15, 0.2) is 0 Å². The lowest BCUT2D eigenvalue weighted by atomic mass is 10.1. The maximum absolute atomic E-state index is 13.6. The van der Waals surface area contributed by atoms with Gasteiger partial charge in [0.25, 0.3) is 0 Å². The summed E-state index contributed by atoms with van der Waals surface area (Å²) in [5, 5.41) is 2.63. The highest BCUT2D eigenvalue weighted by Crippen LogP contribution is 2.25. The molecule has 0 saturated carbocycles. The van der Waals surface area contributed by atoms with Crippen molar-refractivity contribution in [2.45, 2.75) is 52.2 Å². The van der Waals surface area contributed by atoms with Crippen LogP contribution in [0.3, 0.4) is 0 Å². The van der Waals surface area contributed by atoms with Crippen LogP contribution in [0.4, 0.5) is 10.1 Å². The number of amides is 2. The lowest BCUT2D eigenvalue weighted by molar-refractivity contribution is -0.141. The number of nitrogens with zero attached hydrogens (tertiary/aromatic N) is 2. The average molecular weight is 512 g/mol. The predicted molar refractivity (Wildman–Crippen MR) is 133 cm³/mol. The number of carbonyl (C=O) groups excluding carboxylic acids is 2. The van der Waals surface area contributed by atoms with E-state index in [0.29, 0.717) is 6.42 Å². The molecule has 0 unspecified atom stereocenters. The van der Waals surface area contributed by atoms with E-state index in [-0.39, 0.29) is 23.2 Å². The van der Waals surface area contributed by atoms with Crippen molar-refractivity contribution >= 4 is 39.1 Å². The summed E-state index contributed by atoms with van der Waals surface area (Å²) in [4.78, 5) is 28.0. The molecule has 10 heteroatoms. The standard InChI is InChI=1S/C24H31ClFN3O4S/c1-6-21(23(31)27-24(2,3)4)28(15-17-10-8-7-9-11-17)22(30)16-29(34(5,32)33)18-12-13-20(26)19(25)14-18/h7-14,21H,6,15-16H2,1-5H3,(H,27,31)/t21-/m1/s1. The van der Waals surface area contributed by atoms with E-state index in [2.05, 4.69) is 5.32 Å². The Balaban J connectivity index is 2.45. The van der Waals surface area contributed by atoms with Gasteiger partial charge in [-0.15, -0.1) is 0 Å². The Hall–Kier alpha value is -2.65. The third kappa shape index (κ3) is 7.70. The molecule has 0 heterocycles. The minimum atomic E-state index is -3.93. The lowest BCUT2D eigenvalue weighted by Crippen LogP contribution is -2.55. The van der Waals surface area contributed by atoms with Crippen molar-refractivity contribution in [3.8, 4) is 0 Å². The van der Waals surface area contributed by atoms with Crippen LogP contribution in [0.1, 0.15) is 39.7 Å². The molecule has 34 heavy (non-hydrogen) atoms. The molecule has 0 spiro atoms. The number of nitrogens with one attached hydrogen (secondary N) is 1. The molecule has 0 bridgehead atoms. The maximum Gasteiger partial charge on any atom is 0.244 e. The van der Waals surface area contributed by atoms with E-state index in [4.69, 9.17) is 11.6 Å². The first-order valence-electron chi connectivity index (χ1n) is 10.8. The SMILES string of the molecule is CC[C@H](C(=O)NC(C)(C)C)N(Cc1ccccc1)C(=O)CN(c1ccc(F)c(Cl)c1)S(C)(=O)=O. The van der Waals surface area contributed by atoms with E-state index in [9.17, 15) is 22.4 Å². The van der Waals surface area contributed by atoms with E-state index >= 15 is 0 Å². The van der Waals surface area contributed by atoms with Crippen LogP contribution in [0.5, 0.6) is 0 Å². The summed E-state index contributed by atoms with van der Waals surface area (Å²) < 4.78 is 39.6. The molecular formula is C24H31ClFN3O4S. The number of benzene rings is 2. The van der Waals surface area contributed by atoms with Crippen molar-refractivity contribution in [3.05, 3.63) is 64.9 Å². The highest BCUT2D eigenvalue weighted by atomic mass is 35.5. The molecule has 2 aromatic rings. The van der Waals surface area contributed by atoms with Crippen molar-refractivity contribution in [2.24, 2.45) is 0 Å². The largest absolute Gasteiger partial charge is 0.350 e. The smallest absolute Gasteiger partial charge is 0.244 e. The number of sulfonamides is 1. The normalized spacial score (nSPS) is 12.7. The van der Waals surface area contributed by atoms with Gasteiger partial charge in [-0.25, -0.2) is 12.8 Å². The van der Waals surface area contributed by atoms with Gasteiger partial charge in [0.1, 0.15) is 18.4 Å². The second-order valence-corrected chi connectivity index (χ2v) is 11.4. The Morgan fingerprint density at radius 3 is 2.24 bits per heavy atom. The average Bonchev–Trinajstić information content (AvgIpc) is 2.72. The van der Waals surface area contributed by atoms with Crippen LogP contribution in [-0.4, -0.2) is 49.5 Å². The summed E-state index contributed by atoms with van der Waals surface area (Å²) in [5.74, 6) is -1.62. The fourth-order valence-corrected chi connectivity index (χ4v) is 4.42. The van der Waals surface area contributed by atoms with Gasteiger partial charge >= 0.3 is 0 Å². The van der Waals surface area contributed by atoms with Gasteiger partial charge in [-0.05, 0) is 51.0 Å². The molecule has 2 rings (SSSR count). The summed E-state index contributed by atoms with van der Waals surface area (Å²) in [6, 6.07) is 11.7. The van der Waals surface area contributed by atoms with Crippen molar-refractivity contribution in [1.82, 2.24) is 10.2 Å². The van der Waals surface area contributed by atoms with E-state index < -0.39 is 39.9 Å². The summed E-state index contributed by atoms with van der Waals surface area (Å²) >= 11 is 5.85. The van der Waals surface area contributed by atoms with Gasteiger partial charge in [0.05, 0.1) is 17.0 Å². The molecule has 186 valence electrons. The molecule has 0 aliphatic rings. The zero-order chi connectivity index (χ0) is 25.7. The first-order chi connectivity index (χ1) is 15.7. The fourth-order valence-electron chi connectivity index (χ4n) is 3.41. The lowest BCUT2D eigenvalue weighted by Gasteiger charge is -2.34. The first kappa shape index (κ1) is 27.6. The topological polar surface area (TPSA) is 86.8 Å². The molecule has 1 N–H and O–H groups in total. The van der Waals surface area contributed by atoms with Crippen LogP contribution in [0.25, 0.3) is 0 Å². The molecule has 0 fully saturated rings. The van der Waals surface area contributed by atoms with Gasteiger partial charge in [0.2, 0.25) is 21.8 Å². The Kier molecular flexibility index (Phi) is 9.08. The Labute approximate surface area is 205 Å². The van der Waals surface area contributed by atoms with E-state index in [1.165, 1.54) is 11.0 Å². The molecule has 1 atom stereocenters. The summed E-state index contributed by atoms with van der Waals surface area (Å²) in [6.07, 6.45) is 1.27. The maximum atomic E-state index is 13.6. The van der Waals surface area contributed by atoms with Gasteiger partial charge in [-0.3, -0.25) is 13.9 Å². The van der Waals surface area contributed by atoms with Crippen LogP contribution < -0.4 is 9.62 Å². The molecule has 2 amide bonds. The molecule has 0 radical (unpaired) electrons. The molecule has 7 nitrogen and oxygen atoms in total. The van der Waals surface area contributed by atoms with E-state index in [1.807, 2.05) is 51.1 Å². The fraction of sp³-hybridized carbons (Fsp3) is 0.417. The molecule has 0 aliphatic heterocycles. The van der Waals surface area contributed by atoms with Crippen molar-refractivity contribution < 1.29 is 22.4 Å². The zero-order valence-corrected chi connectivity index (χ0v) is 21.6. The number of anilines is 1. The van der Waals surface area contributed by atoms with Crippen LogP contribution in [0, 0.1) is 5.82 Å². The third-order valence-corrected chi connectivity index (χ3v) is 6.38. The van der Waals surface area contributed by atoms with Crippen molar-refractivity contribution in [2.75, 3.05) is 17.1 Å². The van der Waals surface area contributed by atoms with Gasteiger partial charge < -0.3 is 10.2 Å². The number of rotatable bonds is 9. The zero-order valence-electron chi connectivity index (χ0n) is 20.0. The molecule has 2 aromatic carbocycles. The van der Waals surface area contributed by atoms with Gasteiger partial charge in [-0.1, -0.05) is 48.9 Å². The van der Waals surface area contributed by atoms with Gasteiger partial charge in [-0.2, -0.15) is 0 Å². The molecule has 0 aliphatic carbocycles. The number of hydrogen-bond acceptors (Lipinski definition) is 4. The van der Waals surface area contributed by atoms with Crippen LogP contribution >= 0.6 is 11.6 Å². The summed E-state index contributed by atoms with van der Waals surface area (Å²) in [6.45, 7) is 6.83. The van der Waals surface area contributed by atoms with E-state index in [0.717, 1.165) is 28.3 Å². The second kappa shape index (κ2) is 11.2. The van der Waals surface area contributed by atoms with Gasteiger partial charge in [0, 0.05) is 12.1 Å². The predicted octanol–water partition coefficient (Wildman–Crippen LogP) is 3.97. The Morgan fingerprint density at radius 2 is 1.74 bits per heavy atom. The summed E-state index contributed by atoms with van der Waals surface area (Å²) in [5.41, 5.74) is 0.318. The Bertz CT molecular complexity index is 1120. The van der Waals surface area contributed by atoms with Crippen molar-refractivity contribution in [1.29, 1.82) is 0 Å². The molecular weight excluding hydrogens is 481 g/mol. The molecule has 0 saturated heterocycles. The minimum absolute atomic E-state index is 0.0501. The highest BCUT2D eigenvalue weighted by molar-refractivity contribution is 7.92. The number of hydrogen-bond donors (Lipinski definition) is 1. The van der Waals surface area contributed by atoms with Crippen LogP contribution in [-0.2, 0) is 26.2 Å². The van der Waals surface area contributed by atoms with E-state index in [1.54, 1.807) is 6.92 Å². The Morgan fingerprint density at radius 1 is 1.12 bits per heavy atom. The quantitative estimate of drug-likeness (QED) is 0.552. The number of halogens is 2. The van der Waals surface area contributed by atoms with Crippen molar-refractivity contribution in [3.63, 3.8) is 0 Å². The van der Waals surface area contributed by atoms with Crippen LogP contribution in [0.2, 0.25) is 5.02 Å². The highest BCUT2D eigenvalue weighted by Gasteiger charge is 2.33. The third-order valence-electron chi connectivity index (χ3n) is 4.95. The monoisotopic (exact) mass is 511 g/mol. The van der Waals surface area contributed by atoms with Crippen LogP contribution in [0.15, 0.2) is 48.5 Å². The minimum Gasteiger partial charge on any atom is -0.350 e. The molecule has 0 aromatic heterocycles.